The zero-order valence-corrected chi connectivity index (χ0v) is 13.3. The lowest BCUT2D eigenvalue weighted by molar-refractivity contribution is -0.122. The van der Waals surface area contributed by atoms with Crippen LogP contribution in [0.25, 0.3) is 10.9 Å². The molecule has 0 spiro atoms. The Morgan fingerprint density at radius 3 is 2.65 bits per heavy atom. The zero-order valence-electron chi connectivity index (χ0n) is 13.3. The van der Waals surface area contributed by atoms with Crippen LogP contribution in [0.2, 0.25) is 0 Å². The van der Waals surface area contributed by atoms with Gasteiger partial charge in [-0.2, -0.15) is 0 Å². The molecule has 1 atom stereocenters. The quantitative estimate of drug-likeness (QED) is 0.705. The van der Waals surface area contributed by atoms with Crippen molar-refractivity contribution < 1.29 is 4.79 Å². The third-order valence-corrected chi connectivity index (χ3v) is 3.60. The molecule has 7 heteroatoms. The zero-order chi connectivity index (χ0) is 17.0. The summed E-state index contributed by atoms with van der Waals surface area (Å²) in [4.78, 5) is 39.1. The molecule has 124 valence electrons. The highest BCUT2D eigenvalue weighted by atomic mass is 16.2. The maximum Gasteiger partial charge on any atom is 0.329 e. The summed E-state index contributed by atoms with van der Waals surface area (Å²) in [7, 11) is 0. The molecule has 0 aliphatic heterocycles. The number of para-hydroxylation sites is 1. The predicted octanol–water partition coefficient (Wildman–Crippen LogP) is 0.179. The molecule has 2 rings (SSSR count). The molecule has 0 saturated heterocycles. The van der Waals surface area contributed by atoms with Gasteiger partial charge in [0, 0.05) is 12.6 Å². The standard InChI is InChI=1S/C16H22N4O3/c1-10(2)7-11(8-17)18-14(21)9-20-15(22)12-5-3-4-6-13(12)19-16(20)23/h3-6,10-11H,7-9,17H2,1-2H3,(H,18,21)(H,19,23). The molecule has 0 fully saturated rings. The van der Waals surface area contributed by atoms with Crippen molar-refractivity contribution >= 4 is 16.8 Å². The number of nitrogens with two attached hydrogens (primary N) is 1. The fraction of sp³-hybridized carbons (Fsp3) is 0.438. The Hall–Kier alpha value is -2.41. The SMILES string of the molecule is CC(C)CC(CN)NC(=O)Cn1c(=O)[nH]c2ccccc2c1=O. The number of nitrogens with zero attached hydrogens (tertiary/aromatic N) is 1. The molecule has 1 amide bonds. The molecule has 0 bridgehead atoms. The number of aromatic amines is 1. The number of amides is 1. The Morgan fingerprint density at radius 1 is 1.30 bits per heavy atom. The molecule has 1 aromatic carbocycles. The van der Waals surface area contributed by atoms with E-state index in [2.05, 4.69) is 10.3 Å². The summed E-state index contributed by atoms with van der Waals surface area (Å²) in [5.41, 5.74) is 5.02. The van der Waals surface area contributed by atoms with Gasteiger partial charge in [-0.25, -0.2) is 4.79 Å². The highest BCUT2D eigenvalue weighted by Gasteiger charge is 2.15. The molecule has 4 N–H and O–H groups in total. The molecular formula is C16H22N4O3. The predicted molar refractivity (Wildman–Crippen MR) is 89.3 cm³/mol. The normalized spacial score (nSPS) is 12.5. The van der Waals surface area contributed by atoms with Crippen molar-refractivity contribution in [1.82, 2.24) is 14.9 Å². The number of fused-ring (bicyclic) bond motifs is 1. The molecule has 1 aromatic heterocycles. The molecule has 23 heavy (non-hydrogen) atoms. The third kappa shape index (κ3) is 4.07. The van der Waals surface area contributed by atoms with E-state index >= 15 is 0 Å². The second-order valence-corrected chi connectivity index (χ2v) is 6.00. The summed E-state index contributed by atoms with van der Waals surface area (Å²) in [6.07, 6.45) is 0.741. The number of nitrogens with one attached hydrogen (secondary N) is 2. The van der Waals surface area contributed by atoms with Crippen LogP contribution < -0.4 is 22.3 Å². The first-order valence-electron chi connectivity index (χ1n) is 7.63. The highest BCUT2D eigenvalue weighted by Crippen LogP contribution is 2.04. The van der Waals surface area contributed by atoms with Crippen molar-refractivity contribution in [3.63, 3.8) is 0 Å². The van der Waals surface area contributed by atoms with Crippen molar-refractivity contribution in [3.05, 3.63) is 45.1 Å². The van der Waals surface area contributed by atoms with Crippen molar-refractivity contribution in [2.24, 2.45) is 11.7 Å². The summed E-state index contributed by atoms with van der Waals surface area (Å²) in [5, 5.41) is 3.15. The molecule has 1 heterocycles. The number of hydrogen-bond donors (Lipinski definition) is 3. The third-order valence-electron chi connectivity index (χ3n) is 3.60. The summed E-state index contributed by atoms with van der Waals surface area (Å²) in [6.45, 7) is 4.06. The van der Waals surface area contributed by atoms with Gasteiger partial charge in [0.2, 0.25) is 5.91 Å². The maximum atomic E-state index is 12.4. The van der Waals surface area contributed by atoms with Gasteiger partial charge in [-0.05, 0) is 24.5 Å². The number of hydrogen-bond acceptors (Lipinski definition) is 4. The summed E-state index contributed by atoms with van der Waals surface area (Å²) in [6, 6.07) is 6.53. The molecular weight excluding hydrogens is 296 g/mol. The van der Waals surface area contributed by atoms with E-state index in [1.807, 2.05) is 13.8 Å². The van der Waals surface area contributed by atoms with Crippen molar-refractivity contribution in [3.8, 4) is 0 Å². The molecule has 2 aromatic rings. The Labute approximate surface area is 133 Å². The van der Waals surface area contributed by atoms with Crippen LogP contribution in [-0.4, -0.2) is 28.0 Å². The Kier molecular flexibility index (Phi) is 5.33. The number of H-pyrrole nitrogens is 1. The minimum absolute atomic E-state index is 0.169. The first-order chi connectivity index (χ1) is 10.9. The number of aromatic nitrogens is 2. The van der Waals surface area contributed by atoms with Crippen LogP contribution in [0.4, 0.5) is 0 Å². The smallest absolute Gasteiger partial charge is 0.329 e. The monoisotopic (exact) mass is 318 g/mol. The minimum Gasteiger partial charge on any atom is -0.351 e. The van der Waals surface area contributed by atoms with E-state index in [0.717, 1.165) is 11.0 Å². The van der Waals surface area contributed by atoms with E-state index in [0.29, 0.717) is 23.4 Å². The van der Waals surface area contributed by atoms with Gasteiger partial charge in [-0.15, -0.1) is 0 Å². The van der Waals surface area contributed by atoms with Crippen molar-refractivity contribution in [1.29, 1.82) is 0 Å². The lowest BCUT2D eigenvalue weighted by Crippen LogP contribution is -2.46. The van der Waals surface area contributed by atoms with E-state index < -0.39 is 17.2 Å². The van der Waals surface area contributed by atoms with Crippen molar-refractivity contribution in [2.75, 3.05) is 6.54 Å². The van der Waals surface area contributed by atoms with Gasteiger partial charge in [0.25, 0.3) is 5.56 Å². The van der Waals surface area contributed by atoms with Gasteiger partial charge in [-0.1, -0.05) is 26.0 Å². The first-order valence-corrected chi connectivity index (χ1v) is 7.63. The Bertz CT molecular complexity index is 807. The largest absolute Gasteiger partial charge is 0.351 e. The van der Waals surface area contributed by atoms with E-state index in [4.69, 9.17) is 5.73 Å². The molecule has 0 aliphatic carbocycles. The van der Waals surface area contributed by atoms with Gasteiger partial charge < -0.3 is 16.0 Å². The Balaban J connectivity index is 2.23. The van der Waals surface area contributed by atoms with E-state index in [-0.39, 0.29) is 12.6 Å². The van der Waals surface area contributed by atoms with Gasteiger partial charge in [0.15, 0.2) is 0 Å². The first kappa shape index (κ1) is 17.0. The lowest BCUT2D eigenvalue weighted by atomic mass is 10.0. The molecule has 1 unspecified atom stereocenters. The van der Waals surface area contributed by atoms with Crippen LogP contribution in [0, 0.1) is 5.92 Å². The molecule has 7 nitrogen and oxygen atoms in total. The van der Waals surface area contributed by atoms with E-state index in [1.54, 1.807) is 24.3 Å². The topological polar surface area (TPSA) is 110 Å². The molecule has 0 aliphatic rings. The summed E-state index contributed by atoms with van der Waals surface area (Å²) in [5.74, 6) is -0.0142. The second kappa shape index (κ2) is 7.23. The summed E-state index contributed by atoms with van der Waals surface area (Å²) < 4.78 is 0.903. The Morgan fingerprint density at radius 2 is 2.00 bits per heavy atom. The van der Waals surface area contributed by atoms with Gasteiger partial charge in [0.05, 0.1) is 10.9 Å². The summed E-state index contributed by atoms with van der Waals surface area (Å²) >= 11 is 0. The fourth-order valence-electron chi connectivity index (χ4n) is 2.54. The molecule has 0 radical (unpaired) electrons. The minimum atomic E-state index is -0.600. The van der Waals surface area contributed by atoms with Crippen LogP contribution in [0.15, 0.2) is 33.9 Å². The number of carbonyl (C=O) groups is 1. The average Bonchev–Trinajstić information content (AvgIpc) is 2.50. The highest BCUT2D eigenvalue weighted by molar-refractivity contribution is 5.79. The van der Waals surface area contributed by atoms with Crippen LogP contribution in [-0.2, 0) is 11.3 Å². The number of rotatable bonds is 6. The number of carbonyl (C=O) groups excluding carboxylic acids is 1. The number of benzene rings is 1. The molecule has 0 saturated carbocycles. The fourth-order valence-corrected chi connectivity index (χ4v) is 2.54. The van der Waals surface area contributed by atoms with Crippen molar-refractivity contribution in [2.45, 2.75) is 32.9 Å². The maximum absolute atomic E-state index is 12.4. The van der Waals surface area contributed by atoms with Gasteiger partial charge in [0.1, 0.15) is 6.54 Å². The van der Waals surface area contributed by atoms with E-state index in [9.17, 15) is 14.4 Å². The van der Waals surface area contributed by atoms with Crippen LogP contribution in [0.5, 0.6) is 0 Å². The van der Waals surface area contributed by atoms with Gasteiger partial charge in [-0.3, -0.25) is 14.2 Å². The van der Waals surface area contributed by atoms with Crippen LogP contribution in [0.3, 0.4) is 0 Å². The van der Waals surface area contributed by atoms with Gasteiger partial charge >= 0.3 is 5.69 Å². The lowest BCUT2D eigenvalue weighted by Gasteiger charge is -2.19. The van der Waals surface area contributed by atoms with Crippen LogP contribution in [0.1, 0.15) is 20.3 Å². The average molecular weight is 318 g/mol. The van der Waals surface area contributed by atoms with E-state index in [1.165, 1.54) is 0 Å². The van der Waals surface area contributed by atoms with Crippen LogP contribution >= 0.6 is 0 Å². The second-order valence-electron chi connectivity index (χ2n) is 6.00.